The number of carbonyl (C=O) groups is 2. The van der Waals surface area contributed by atoms with Gasteiger partial charge < -0.3 is 15.2 Å². The molecule has 1 saturated heterocycles. The van der Waals surface area contributed by atoms with Crippen LogP contribution in [0.3, 0.4) is 0 Å². The van der Waals surface area contributed by atoms with Crippen LogP contribution in [0.25, 0.3) is 0 Å². The molecule has 0 aromatic rings. The van der Waals surface area contributed by atoms with Crippen molar-refractivity contribution < 1.29 is 19.4 Å². The molecule has 1 aliphatic rings. The van der Waals surface area contributed by atoms with Gasteiger partial charge in [0.1, 0.15) is 0 Å². The molecular formula is C9H15NO4. The number of carboxylic acids is 1. The third-order valence-electron chi connectivity index (χ3n) is 2.31. The molecule has 1 fully saturated rings. The van der Waals surface area contributed by atoms with Crippen molar-refractivity contribution in [1.82, 2.24) is 5.32 Å². The fourth-order valence-corrected chi connectivity index (χ4v) is 1.60. The lowest BCUT2D eigenvalue weighted by atomic mass is 9.96. The summed E-state index contributed by atoms with van der Waals surface area (Å²) in [6.45, 7) is 2.72. The first-order valence-corrected chi connectivity index (χ1v) is 4.75. The van der Waals surface area contributed by atoms with Crippen molar-refractivity contribution in [3.63, 3.8) is 0 Å². The van der Waals surface area contributed by atoms with E-state index in [1.807, 2.05) is 0 Å². The summed E-state index contributed by atoms with van der Waals surface area (Å²) in [6.07, 6.45) is 1.03. The van der Waals surface area contributed by atoms with Crippen molar-refractivity contribution in [2.45, 2.75) is 31.8 Å². The topological polar surface area (TPSA) is 75.6 Å². The summed E-state index contributed by atoms with van der Waals surface area (Å²) in [5.41, 5.74) is -1.28. The largest absolute Gasteiger partial charge is 0.479 e. The van der Waals surface area contributed by atoms with Crippen molar-refractivity contribution in [1.29, 1.82) is 0 Å². The normalized spacial score (nSPS) is 26.1. The average Bonchev–Trinajstić information content (AvgIpc) is 2.54. The highest BCUT2D eigenvalue weighted by Gasteiger charge is 2.44. The second-order valence-corrected chi connectivity index (χ2v) is 3.38. The van der Waals surface area contributed by atoms with E-state index in [1.54, 1.807) is 6.92 Å². The molecule has 0 aromatic carbocycles. The monoisotopic (exact) mass is 201 g/mol. The Morgan fingerprint density at radius 1 is 1.57 bits per heavy atom. The summed E-state index contributed by atoms with van der Waals surface area (Å²) >= 11 is 0. The van der Waals surface area contributed by atoms with Crippen LogP contribution >= 0.6 is 0 Å². The van der Waals surface area contributed by atoms with E-state index in [9.17, 15) is 9.59 Å². The van der Waals surface area contributed by atoms with Crippen molar-refractivity contribution in [3.8, 4) is 0 Å². The van der Waals surface area contributed by atoms with Gasteiger partial charge in [0.25, 0.3) is 0 Å². The van der Waals surface area contributed by atoms with Crippen molar-refractivity contribution >= 4 is 11.9 Å². The highest BCUT2D eigenvalue weighted by molar-refractivity contribution is 5.87. The van der Waals surface area contributed by atoms with E-state index in [-0.39, 0.29) is 12.3 Å². The number of aliphatic carboxylic acids is 1. The molecule has 0 radical (unpaired) electrons. The van der Waals surface area contributed by atoms with Crippen LogP contribution in [-0.4, -0.2) is 35.7 Å². The van der Waals surface area contributed by atoms with Gasteiger partial charge in [-0.15, -0.1) is 0 Å². The van der Waals surface area contributed by atoms with Gasteiger partial charge in [-0.3, -0.25) is 4.79 Å². The van der Waals surface area contributed by atoms with E-state index in [1.165, 1.54) is 0 Å². The Labute approximate surface area is 82.4 Å². The zero-order valence-electron chi connectivity index (χ0n) is 8.21. The van der Waals surface area contributed by atoms with E-state index in [0.29, 0.717) is 26.0 Å². The van der Waals surface area contributed by atoms with Gasteiger partial charge in [-0.1, -0.05) is 0 Å². The van der Waals surface area contributed by atoms with Crippen molar-refractivity contribution in [2.24, 2.45) is 0 Å². The van der Waals surface area contributed by atoms with Crippen LogP contribution in [0.15, 0.2) is 0 Å². The Balaban J connectivity index is 2.60. The SMILES string of the molecule is CCNC(=O)CC1(C(=O)O)CCCO1. The smallest absolute Gasteiger partial charge is 0.336 e. The van der Waals surface area contributed by atoms with Gasteiger partial charge in [0.15, 0.2) is 5.60 Å². The number of carboxylic acid groups (broad SMARTS) is 1. The Hall–Kier alpha value is -1.10. The van der Waals surface area contributed by atoms with Crippen LogP contribution in [0.2, 0.25) is 0 Å². The first-order chi connectivity index (χ1) is 6.60. The van der Waals surface area contributed by atoms with Crippen molar-refractivity contribution in [3.05, 3.63) is 0 Å². The number of carbonyl (C=O) groups excluding carboxylic acids is 1. The molecule has 0 bridgehead atoms. The summed E-state index contributed by atoms with van der Waals surface area (Å²) in [4.78, 5) is 22.2. The van der Waals surface area contributed by atoms with E-state index < -0.39 is 11.6 Å². The molecule has 0 aromatic heterocycles. The maximum absolute atomic E-state index is 11.3. The molecule has 2 N–H and O–H groups in total. The highest BCUT2D eigenvalue weighted by atomic mass is 16.5. The minimum atomic E-state index is -1.28. The lowest BCUT2D eigenvalue weighted by Gasteiger charge is -2.22. The van der Waals surface area contributed by atoms with E-state index in [4.69, 9.17) is 9.84 Å². The molecule has 5 heteroatoms. The average molecular weight is 201 g/mol. The second kappa shape index (κ2) is 4.41. The lowest BCUT2D eigenvalue weighted by Crippen LogP contribution is -2.43. The number of nitrogens with one attached hydrogen (secondary N) is 1. The van der Waals surface area contributed by atoms with E-state index in [2.05, 4.69) is 5.32 Å². The number of amides is 1. The fourth-order valence-electron chi connectivity index (χ4n) is 1.60. The summed E-state index contributed by atoms with van der Waals surface area (Å²) < 4.78 is 5.16. The van der Waals surface area contributed by atoms with E-state index >= 15 is 0 Å². The van der Waals surface area contributed by atoms with Gasteiger partial charge in [0, 0.05) is 13.2 Å². The zero-order valence-corrected chi connectivity index (χ0v) is 8.21. The lowest BCUT2D eigenvalue weighted by molar-refractivity contribution is -0.163. The number of rotatable bonds is 4. The molecule has 0 saturated carbocycles. The molecule has 1 amide bonds. The van der Waals surface area contributed by atoms with E-state index in [0.717, 1.165) is 0 Å². The summed E-state index contributed by atoms with van der Waals surface area (Å²) in [7, 11) is 0. The molecule has 1 rings (SSSR count). The molecule has 5 nitrogen and oxygen atoms in total. The number of ether oxygens (including phenoxy) is 1. The maximum atomic E-state index is 11.3. The van der Waals surface area contributed by atoms with Crippen LogP contribution in [0.5, 0.6) is 0 Å². The predicted octanol–water partition coefficient (Wildman–Crippen LogP) is 0.146. The van der Waals surface area contributed by atoms with Gasteiger partial charge >= 0.3 is 5.97 Å². The van der Waals surface area contributed by atoms with Crippen LogP contribution < -0.4 is 5.32 Å². The van der Waals surface area contributed by atoms with Gasteiger partial charge in [0.05, 0.1) is 6.42 Å². The van der Waals surface area contributed by atoms with Gasteiger partial charge in [-0.2, -0.15) is 0 Å². The van der Waals surface area contributed by atoms with Crippen LogP contribution in [0.1, 0.15) is 26.2 Å². The van der Waals surface area contributed by atoms with Crippen LogP contribution in [0.4, 0.5) is 0 Å². The minimum Gasteiger partial charge on any atom is -0.479 e. The van der Waals surface area contributed by atoms with Crippen molar-refractivity contribution in [2.75, 3.05) is 13.2 Å². The highest BCUT2D eigenvalue weighted by Crippen LogP contribution is 2.29. The number of hydrogen-bond acceptors (Lipinski definition) is 3. The van der Waals surface area contributed by atoms with Gasteiger partial charge in [-0.25, -0.2) is 4.79 Å². The molecule has 14 heavy (non-hydrogen) atoms. The van der Waals surface area contributed by atoms with Crippen LogP contribution in [-0.2, 0) is 14.3 Å². The first kappa shape index (κ1) is 11.0. The number of hydrogen-bond donors (Lipinski definition) is 2. The Bertz CT molecular complexity index is 233. The molecule has 1 unspecified atom stereocenters. The Kier molecular flexibility index (Phi) is 3.46. The summed E-state index contributed by atoms with van der Waals surface area (Å²) in [5.74, 6) is -1.31. The quantitative estimate of drug-likeness (QED) is 0.678. The second-order valence-electron chi connectivity index (χ2n) is 3.38. The predicted molar refractivity (Wildman–Crippen MR) is 48.9 cm³/mol. The van der Waals surface area contributed by atoms with Crippen LogP contribution in [0, 0.1) is 0 Å². The fraction of sp³-hybridized carbons (Fsp3) is 0.778. The Morgan fingerprint density at radius 3 is 2.71 bits per heavy atom. The summed E-state index contributed by atoms with van der Waals surface area (Å²) in [5, 5.41) is 11.5. The molecule has 80 valence electrons. The maximum Gasteiger partial charge on any atom is 0.336 e. The molecule has 1 heterocycles. The summed E-state index contributed by atoms with van der Waals surface area (Å²) in [6, 6.07) is 0. The third kappa shape index (κ3) is 2.23. The standard InChI is InChI=1S/C9H15NO4/c1-2-10-7(11)6-9(8(12)13)4-3-5-14-9/h2-6H2,1H3,(H,10,11)(H,12,13). The molecule has 1 atom stereocenters. The van der Waals surface area contributed by atoms with Gasteiger partial charge in [-0.05, 0) is 19.8 Å². The molecule has 0 spiro atoms. The van der Waals surface area contributed by atoms with Gasteiger partial charge in [0.2, 0.25) is 5.91 Å². The third-order valence-corrected chi connectivity index (χ3v) is 2.31. The molecular weight excluding hydrogens is 186 g/mol. The molecule has 1 aliphatic heterocycles. The first-order valence-electron chi connectivity index (χ1n) is 4.75. The molecule has 0 aliphatic carbocycles. The Morgan fingerprint density at radius 2 is 2.29 bits per heavy atom. The minimum absolute atomic E-state index is 0.0871. The zero-order chi connectivity index (χ0) is 10.6.